The molecule has 1 aromatic carbocycles. The first-order valence-electron chi connectivity index (χ1n) is 6.20. The van der Waals surface area contributed by atoms with E-state index in [0.717, 1.165) is 5.52 Å². The number of hydrogen-bond acceptors (Lipinski definition) is 4. The molecule has 0 bridgehead atoms. The van der Waals surface area contributed by atoms with E-state index in [0.29, 0.717) is 35.7 Å². The number of nitrogens with one attached hydrogen (secondary N) is 1. The van der Waals surface area contributed by atoms with E-state index in [1.54, 1.807) is 18.2 Å². The van der Waals surface area contributed by atoms with Crippen LogP contribution in [-0.2, 0) is 20.8 Å². The minimum absolute atomic E-state index is 0.229. The van der Waals surface area contributed by atoms with Crippen molar-refractivity contribution in [2.75, 3.05) is 30.3 Å². The van der Waals surface area contributed by atoms with Crippen molar-refractivity contribution in [3.05, 3.63) is 24.4 Å². The topological polar surface area (TPSA) is 96.3 Å². The molecule has 0 radical (unpaired) electrons. The van der Waals surface area contributed by atoms with Crippen LogP contribution < -0.4 is 5.73 Å². The smallest absolute Gasteiger partial charge is 0.245 e. The zero-order valence-electron chi connectivity index (χ0n) is 10.7. The van der Waals surface area contributed by atoms with Gasteiger partial charge >= 0.3 is 0 Å². The van der Waals surface area contributed by atoms with Crippen molar-refractivity contribution in [2.24, 2.45) is 0 Å². The monoisotopic (exact) mass is 313 g/mol. The number of sulfonamides is 1. The number of rotatable bonds is 2. The highest BCUT2D eigenvalue weighted by Crippen LogP contribution is 2.27. The normalized spacial score (nSPS) is 18.6. The Morgan fingerprint density at radius 3 is 2.65 bits per heavy atom. The van der Waals surface area contributed by atoms with Crippen LogP contribution in [0.15, 0.2) is 29.3 Å². The molecule has 0 unspecified atom stereocenters. The summed E-state index contributed by atoms with van der Waals surface area (Å²) in [5, 5.41) is 0.594. The van der Waals surface area contributed by atoms with Gasteiger partial charge in [0.1, 0.15) is 4.90 Å². The molecule has 1 aliphatic heterocycles. The molecule has 0 spiro atoms. The first kappa shape index (κ1) is 13.6. The first-order valence-corrected chi connectivity index (χ1v) is 9.13. The predicted octanol–water partition coefficient (Wildman–Crippen LogP) is 0.503. The van der Waals surface area contributed by atoms with E-state index < -0.39 is 20.8 Å². The molecular weight excluding hydrogens is 298 g/mol. The maximum atomic E-state index is 12.6. The molecule has 2 heterocycles. The second-order valence-electron chi connectivity index (χ2n) is 4.71. The first-order chi connectivity index (χ1) is 9.48. The average molecular weight is 313 g/mol. The fourth-order valence-corrected chi connectivity index (χ4v) is 5.21. The van der Waals surface area contributed by atoms with Gasteiger partial charge in [-0.3, -0.25) is 4.21 Å². The molecule has 3 rings (SSSR count). The summed E-state index contributed by atoms with van der Waals surface area (Å²) < 4.78 is 38.0. The Labute approximate surface area is 119 Å². The zero-order valence-corrected chi connectivity index (χ0v) is 12.3. The quantitative estimate of drug-likeness (QED) is 0.789. The fraction of sp³-hybridized carbons (Fsp3) is 0.333. The van der Waals surface area contributed by atoms with E-state index in [1.165, 1.54) is 10.5 Å². The summed E-state index contributed by atoms with van der Waals surface area (Å²) >= 11 is 0. The lowest BCUT2D eigenvalue weighted by atomic mass is 10.2. The van der Waals surface area contributed by atoms with Crippen molar-refractivity contribution in [1.82, 2.24) is 9.29 Å². The van der Waals surface area contributed by atoms with Crippen LogP contribution >= 0.6 is 0 Å². The van der Waals surface area contributed by atoms with Gasteiger partial charge in [0.25, 0.3) is 0 Å². The summed E-state index contributed by atoms with van der Waals surface area (Å²) in [5.41, 5.74) is 6.99. The molecule has 0 saturated carbocycles. The summed E-state index contributed by atoms with van der Waals surface area (Å²) in [5.74, 6) is 0.785. The standard InChI is InChI=1S/C12H15N3O3S2/c13-9-1-2-11-10(7-9)12(8-14-11)20(17,18)15-3-5-19(16)6-4-15/h1-2,7-8,14H,3-6,13H2. The Kier molecular flexibility index (Phi) is 3.31. The summed E-state index contributed by atoms with van der Waals surface area (Å²) in [4.78, 5) is 3.18. The van der Waals surface area contributed by atoms with Crippen LogP contribution in [0.2, 0.25) is 0 Å². The Morgan fingerprint density at radius 2 is 1.95 bits per heavy atom. The second-order valence-corrected chi connectivity index (χ2v) is 8.31. The van der Waals surface area contributed by atoms with Crippen molar-refractivity contribution >= 4 is 37.4 Å². The SMILES string of the molecule is Nc1ccc2[nH]cc(S(=O)(=O)N3CCS(=O)CC3)c2c1. The highest BCUT2D eigenvalue weighted by molar-refractivity contribution is 7.89. The third kappa shape index (κ3) is 2.23. The Balaban J connectivity index is 2.05. The molecule has 3 N–H and O–H groups in total. The predicted molar refractivity (Wildman–Crippen MR) is 79.3 cm³/mol. The van der Waals surface area contributed by atoms with Crippen LogP contribution in [0.3, 0.4) is 0 Å². The van der Waals surface area contributed by atoms with Gasteiger partial charge in [-0.2, -0.15) is 4.31 Å². The van der Waals surface area contributed by atoms with Gasteiger partial charge in [-0.1, -0.05) is 0 Å². The van der Waals surface area contributed by atoms with Gasteiger partial charge in [-0.25, -0.2) is 8.42 Å². The lowest BCUT2D eigenvalue weighted by Gasteiger charge is -2.25. The molecular formula is C12H15N3O3S2. The number of aromatic nitrogens is 1. The van der Waals surface area contributed by atoms with Crippen molar-refractivity contribution in [3.8, 4) is 0 Å². The molecule has 20 heavy (non-hydrogen) atoms. The van der Waals surface area contributed by atoms with Crippen molar-refractivity contribution in [3.63, 3.8) is 0 Å². The Bertz CT molecular complexity index is 772. The molecule has 8 heteroatoms. The van der Waals surface area contributed by atoms with Crippen LogP contribution in [0.4, 0.5) is 5.69 Å². The van der Waals surface area contributed by atoms with Crippen LogP contribution in [0.25, 0.3) is 10.9 Å². The molecule has 0 aliphatic carbocycles. The Hall–Kier alpha value is -1.38. The van der Waals surface area contributed by atoms with Crippen molar-refractivity contribution in [2.45, 2.75) is 4.90 Å². The van der Waals surface area contributed by atoms with Gasteiger partial charge in [-0.05, 0) is 18.2 Å². The molecule has 0 amide bonds. The molecule has 1 fully saturated rings. The summed E-state index contributed by atoms with van der Waals surface area (Å²) in [6, 6.07) is 5.13. The lowest BCUT2D eigenvalue weighted by Crippen LogP contribution is -2.41. The average Bonchev–Trinajstić information content (AvgIpc) is 2.82. The van der Waals surface area contributed by atoms with Crippen molar-refractivity contribution < 1.29 is 12.6 Å². The van der Waals surface area contributed by atoms with E-state index in [-0.39, 0.29) is 4.90 Å². The molecule has 108 valence electrons. The molecule has 1 saturated heterocycles. The third-order valence-corrected chi connectivity index (χ3v) is 6.64. The number of nitrogen functional groups attached to an aromatic ring is 1. The van der Waals surface area contributed by atoms with Gasteiger partial charge < -0.3 is 10.7 Å². The number of nitrogens with two attached hydrogens (primary N) is 1. The van der Waals surface area contributed by atoms with Gasteiger partial charge in [0.2, 0.25) is 10.0 Å². The number of nitrogens with zero attached hydrogens (tertiary/aromatic N) is 1. The van der Waals surface area contributed by atoms with Crippen LogP contribution in [0.5, 0.6) is 0 Å². The van der Waals surface area contributed by atoms with E-state index in [4.69, 9.17) is 5.73 Å². The number of H-pyrrole nitrogens is 1. The number of anilines is 1. The zero-order chi connectivity index (χ0) is 14.3. The summed E-state index contributed by atoms with van der Waals surface area (Å²) in [6.07, 6.45) is 1.49. The number of hydrogen-bond donors (Lipinski definition) is 2. The minimum atomic E-state index is -3.57. The molecule has 6 nitrogen and oxygen atoms in total. The van der Waals surface area contributed by atoms with Gasteiger partial charge in [-0.15, -0.1) is 0 Å². The maximum Gasteiger partial charge on any atom is 0.245 e. The van der Waals surface area contributed by atoms with Crippen LogP contribution in [0, 0.1) is 0 Å². The number of fused-ring (bicyclic) bond motifs is 1. The lowest BCUT2D eigenvalue weighted by molar-refractivity contribution is 0.439. The van der Waals surface area contributed by atoms with Gasteiger partial charge in [0.15, 0.2) is 0 Å². The highest BCUT2D eigenvalue weighted by Gasteiger charge is 2.30. The van der Waals surface area contributed by atoms with Crippen LogP contribution in [-0.4, -0.2) is 46.5 Å². The largest absolute Gasteiger partial charge is 0.399 e. The van der Waals surface area contributed by atoms with Gasteiger partial charge in [0.05, 0.1) is 0 Å². The summed E-state index contributed by atoms with van der Waals surface area (Å²) in [6.45, 7) is 0.591. The molecule has 0 atom stereocenters. The van der Waals surface area contributed by atoms with Crippen molar-refractivity contribution in [1.29, 1.82) is 0 Å². The molecule has 2 aromatic rings. The van der Waals surface area contributed by atoms with E-state index >= 15 is 0 Å². The molecule has 1 aromatic heterocycles. The van der Waals surface area contributed by atoms with E-state index in [9.17, 15) is 12.6 Å². The molecule has 1 aliphatic rings. The second kappa shape index (κ2) is 4.87. The minimum Gasteiger partial charge on any atom is -0.399 e. The summed E-state index contributed by atoms with van der Waals surface area (Å²) in [7, 11) is -4.48. The van der Waals surface area contributed by atoms with E-state index in [1.807, 2.05) is 0 Å². The van der Waals surface area contributed by atoms with Crippen LogP contribution in [0.1, 0.15) is 0 Å². The number of aromatic amines is 1. The van der Waals surface area contributed by atoms with E-state index in [2.05, 4.69) is 4.98 Å². The number of benzene rings is 1. The van der Waals surface area contributed by atoms with Gasteiger partial charge in [0, 0.05) is 58.2 Å². The fourth-order valence-electron chi connectivity index (χ4n) is 2.33. The highest BCUT2D eigenvalue weighted by atomic mass is 32.2. The maximum absolute atomic E-state index is 12.6. The third-order valence-electron chi connectivity index (χ3n) is 3.42. The Morgan fingerprint density at radius 1 is 1.25 bits per heavy atom.